The van der Waals surface area contributed by atoms with Crippen LogP contribution in [0.15, 0.2) is 17.6 Å². The Kier molecular flexibility index (Phi) is 6.16. The lowest BCUT2D eigenvalue weighted by Gasteiger charge is -2.42. The van der Waals surface area contributed by atoms with Crippen LogP contribution in [0, 0.1) is 12.3 Å². The van der Waals surface area contributed by atoms with Gasteiger partial charge in [0, 0.05) is 62.5 Å². The van der Waals surface area contributed by atoms with Gasteiger partial charge in [-0.3, -0.25) is 14.3 Å². The number of rotatable bonds is 6. The maximum atomic E-state index is 13.8. The number of hydrogen-bond donors (Lipinski definition) is 0. The second-order valence-corrected chi connectivity index (χ2v) is 9.89. The zero-order valence-corrected chi connectivity index (χ0v) is 19.5. The topological polar surface area (TPSA) is 80.6 Å². The van der Waals surface area contributed by atoms with Gasteiger partial charge in [0.2, 0.25) is 5.91 Å². The standard InChI is InChI=1S/C22H31N5O3S/c1-15(2)27-19(6-8-23-27)17-12-26(20(28)18-13-31-16(3)24-18)14-22(17)7-5-9-25(21(22)29)10-11-30-4/h6,8,13,15,17H,5,7,9-12,14H2,1-4H3/t17-,22+/m0/s1. The molecular weight excluding hydrogens is 414 g/mol. The second-order valence-electron chi connectivity index (χ2n) is 8.83. The first kappa shape index (κ1) is 22.0. The molecule has 0 saturated carbocycles. The summed E-state index contributed by atoms with van der Waals surface area (Å²) in [5.41, 5.74) is 0.858. The van der Waals surface area contributed by atoms with Crippen molar-refractivity contribution in [2.75, 3.05) is 39.9 Å². The molecule has 2 aliphatic heterocycles. The lowest BCUT2D eigenvalue weighted by Crippen LogP contribution is -2.53. The van der Waals surface area contributed by atoms with E-state index in [0.29, 0.717) is 31.9 Å². The van der Waals surface area contributed by atoms with E-state index in [4.69, 9.17) is 4.74 Å². The van der Waals surface area contributed by atoms with Crippen LogP contribution in [-0.4, -0.2) is 76.3 Å². The number of nitrogens with zero attached hydrogens (tertiary/aromatic N) is 5. The van der Waals surface area contributed by atoms with Gasteiger partial charge in [0.25, 0.3) is 5.91 Å². The zero-order valence-electron chi connectivity index (χ0n) is 18.7. The average molecular weight is 446 g/mol. The number of ether oxygens (including phenoxy) is 1. The molecule has 0 N–H and O–H groups in total. The Hall–Kier alpha value is -2.26. The highest BCUT2D eigenvalue weighted by Crippen LogP contribution is 2.50. The molecule has 168 valence electrons. The number of carbonyl (C=O) groups excluding carboxylic acids is 2. The molecule has 2 fully saturated rings. The average Bonchev–Trinajstić information content (AvgIpc) is 3.47. The van der Waals surface area contributed by atoms with Gasteiger partial charge in [-0.05, 0) is 39.7 Å². The Morgan fingerprint density at radius 2 is 2.23 bits per heavy atom. The summed E-state index contributed by atoms with van der Waals surface area (Å²) in [6.45, 7) is 8.81. The van der Waals surface area contributed by atoms with Crippen molar-refractivity contribution >= 4 is 23.2 Å². The molecule has 2 saturated heterocycles. The van der Waals surface area contributed by atoms with Gasteiger partial charge in [-0.1, -0.05) is 0 Å². The Labute approximate surface area is 187 Å². The predicted octanol–water partition coefficient (Wildman–Crippen LogP) is 2.72. The Balaban J connectivity index is 1.71. The quantitative estimate of drug-likeness (QED) is 0.683. The third kappa shape index (κ3) is 3.89. The molecule has 0 radical (unpaired) electrons. The van der Waals surface area contributed by atoms with Crippen LogP contribution in [0.5, 0.6) is 0 Å². The van der Waals surface area contributed by atoms with Crippen LogP contribution in [0.1, 0.15) is 59.8 Å². The number of amides is 2. The first-order valence-electron chi connectivity index (χ1n) is 10.9. The molecule has 2 aromatic heterocycles. The van der Waals surface area contributed by atoms with E-state index < -0.39 is 5.41 Å². The lowest BCUT2D eigenvalue weighted by molar-refractivity contribution is -0.147. The van der Waals surface area contributed by atoms with Gasteiger partial charge in [-0.25, -0.2) is 4.98 Å². The highest BCUT2D eigenvalue weighted by molar-refractivity contribution is 7.09. The van der Waals surface area contributed by atoms with Crippen molar-refractivity contribution in [3.8, 4) is 0 Å². The van der Waals surface area contributed by atoms with Crippen LogP contribution in [0.4, 0.5) is 0 Å². The normalized spacial score (nSPS) is 24.0. The summed E-state index contributed by atoms with van der Waals surface area (Å²) in [5.74, 6) is -0.0651. The van der Waals surface area contributed by atoms with Crippen LogP contribution in [0.3, 0.4) is 0 Å². The van der Waals surface area contributed by atoms with E-state index in [1.807, 2.05) is 32.9 Å². The van der Waals surface area contributed by atoms with Crippen LogP contribution in [0.2, 0.25) is 0 Å². The highest BCUT2D eigenvalue weighted by atomic mass is 32.1. The molecular formula is C22H31N5O3S. The fraction of sp³-hybridized carbons (Fsp3) is 0.636. The number of aromatic nitrogens is 3. The van der Waals surface area contributed by atoms with Gasteiger partial charge in [0.15, 0.2) is 0 Å². The van der Waals surface area contributed by atoms with Crippen LogP contribution in [0.25, 0.3) is 0 Å². The largest absolute Gasteiger partial charge is 0.383 e. The molecule has 2 amide bonds. The molecule has 4 rings (SSSR count). The molecule has 8 nitrogen and oxygen atoms in total. The summed E-state index contributed by atoms with van der Waals surface area (Å²) < 4.78 is 7.23. The number of thiazole rings is 1. The number of likely N-dealkylation sites (tertiary alicyclic amines) is 2. The summed E-state index contributed by atoms with van der Waals surface area (Å²) in [4.78, 5) is 35.3. The number of piperidine rings is 1. The van der Waals surface area contributed by atoms with Crippen molar-refractivity contribution in [3.05, 3.63) is 34.0 Å². The van der Waals surface area contributed by atoms with Gasteiger partial charge in [-0.15, -0.1) is 11.3 Å². The summed E-state index contributed by atoms with van der Waals surface area (Å²) in [6.07, 6.45) is 3.48. The number of hydrogen-bond acceptors (Lipinski definition) is 6. The van der Waals surface area contributed by atoms with Crippen molar-refractivity contribution in [1.29, 1.82) is 0 Å². The van der Waals surface area contributed by atoms with Crippen molar-refractivity contribution in [2.45, 2.75) is 45.6 Å². The Morgan fingerprint density at radius 3 is 2.90 bits per heavy atom. The minimum Gasteiger partial charge on any atom is -0.383 e. The lowest BCUT2D eigenvalue weighted by atomic mass is 9.70. The molecule has 9 heteroatoms. The molecule has 0 unspecified atom stereocenters. The summed E-state index contributed by atoms with van der Waals surface area (Å²) in [6, 6.07) is 2.19. The number of methoxy groups -OCH3 is 1. The maximum absolute atomic E-state index is 13.8. The molecule has 31 heavy (non-hydrogen) atoms. The molecule has 4 heterocycles. The van der Waals surface area contributed by atoms with E-state index in [1.54, 1.807) is 13.3 Å². The van der Waals surface area contributed by atoms with E-state index in [9.17, 15) is 9.59 Å². The Bertz CT molecular complexity index is 955. The predicted molar refractivity (Wildman–Crippen MR) is 118 cm³/mol. The van der Waals surface area contributed by atoms with E-state index >= 15 is 0 Å². The summed E-state index contributed by atoms with van der Waals surface area (Å²) in [7, 11) is 1.65. The third-order valence-electron chi connectivity index (χ3n) is 6.54. The Morgan fingerprint density at radius 1 is 1.42 bits per heavy atom. The number of aryl methyl sites for hydroxylation is 1. The van der Waals surface area contributed by atoms with Gasteiger partial charge >= 0.3 is 0 Å². The smallest absolute Gasteiger partial charge is 0.273 e. The second kappa shape index (κ2) is 8.70. The van der Waals surface area contributed by atoms with Crippen LogP contribution in [-0.2, 0) is 9.53 Å². The molecule has 2 aliphatic rings. The van der Waals surface area contributed by atoms with E-state index in [-0.39, 0.29) is 23.8 Å². The fourth-order valence-corrected chi connectivity index (χ4v) is 5.68. The molecule has 2 atom stereocenters. The molecule has 0 aromatic carbocycles. The first-order valence-corrected chi connectivity index (χ1v) is 11.8. The first-order chi connectivity index (χ1) is 14.9. The zero-order chi connectivity index (χ0) is 22.2. The molecule has 1 spiro atoms. The van der Waals surface area contributed by atoms with Crippen molar-refractivity contribution in [2.24, 2.45) is 5.41 Å². The maximum Gasteiger partial charge on any atom is 0.273 e. The van der Waals surface area contributed by atoms with E-state index in [2.05, 4.69) is 23.9 Å². The minimum atomic E-state index is -0.639. The van der Waals surface area contributed by atoms with Crippen molar-refractivity contribution in [1.82, 2.24) is 24.6 Å². The molecule has 0 aliphatic carbocycles. The fourth-order valence-electron chi connectivity index (χ4n) is 5.09. The highest BCUT2D eigenvalue weighted by Gasteiger charge is 2.57. The molecule has 0 bridgehead atoms. The van der Waals surface area contributed by atoms with E-state index in [1.165, 1.54) is 11.3 Å². The minimum absolute atomic E-state index is 0.0938. The van der Waals surface area contributed by atoms with Crippen LogP contribution >= 0.6 is 11.3 Å². The SMILES string of the molecule is COCCN1CCC[C@]2(CN(C(=O)c3csc(C)n3)C[C@H]2c2ccnn2C(C)C)C1=O. The number of carbonyl (C=O) groups is 2. The van der Waals surface area contributed by atoms with Crippen LogP contribution < -0.4 is 0 Å². The molecule has 2 aromatic rings. The summed E-state index contributed by atoms with van der Waals surface area (Å²) >= 11 is 1.47. The van der Waals surface area contributed by atoms with Crippen molar-refractivity contribution < 1.29 is 14.3 Å². The van der Waals surface area contributed by atoms with E-state index in [0.717, 1.165) is 30.1 Å². The van der Waals surface area contributed by atoms with Gasteiger partial charge in [0.1, 0.15) is 5.69 Å². The third-order valence-corrected chi connectivity index (χ3v) is 7.32. The van der Waals surface area contributed by atoms with Crippen molar-refractivity contribution in [3.63, 3.8) is 0 Å². The van der Waals surface area contributed by atoms with Gasteiger partial charge in [-0.2, -0.15) is 5.10 Å². The monoisotopic (exact) mass is 445 g/mol. The van der Waals surface area contributed by atoms with Gasteiger partial charge < -0.3 is 14.5 Å². The summed E-state index contributed by atoms with van der Waals surface area (Å²) in [5, 5.41) is 7.20. The van der Waals surface area contributed by atoms with Gasteiger partial charge in [0.05, 0.1) is 17.0 Å².